The monoisotopic (exact) mass is 333 g/mol. The molecule has 1 aromatic carbocycles. The molecule has 0 atom stereocenters. The lowest BCUT2D eigenvalue weighted by Crippen LogP contribution is -2.13. The Labute approximate surface area is 148 Å². The van der Waals surface area contributed by atoms with Crippen molar-refractivity contribution in [3.05, 3.63) is 58.9 Å². The van der Waals surface area contributed by atoms with Crippen molar-refractivity contribution in [3.8, 4) is 6.07 Å². The summed E-state index contributed by atoms with van der Waals surface area (Å²) in [5.41, 5.74) is 3.98. The van der Waals surface area contributed by atoms with Crippen molar-refractivity contribution in [3.63, 3.8) is 0 Å². The number of nitriles is 1. The van der Waals surface area contributed by atoms with Crippen molar-refractivity contribution in [2.75, 3.05) is 5.32 Å². The molecule has 0 radical (unpaired) electrons. The van der Waals surface area contributed by atoms with E-state index >= 15 is 0 Å². The highest BCUT2D eigenvalue weighted by molar-refractivity contribution is 6.09. The molecule has 1 aliphatic rings. The van der Waals surface area contributed by atoms with E-state index in [0.29, 0.717) is 11.7 Å². The van der Waals surface area contributed by atoms with E-state index in [1.807, 2.05) is 56.6 Å². The summed E-state index contributed by atoms with van der Waals surface area (Å²) in [5.74, 6) is -0.376. The first-order valence-corrected chi connectivity index (χ1v) is 8.74. The highest BCUT2D eigenvalue weighted by Crippen LogP contribution is 2.30. The van der Waals surface area contributed by atoms with Crippen LogP contribution < -0.4 is 5.32 Å². The lowest BCUT2D eigenvalue weighted by Gasteiger charge is -2.10. The molecule has 1 heterocycles. The second-order valence-corrected chi connectivity index (χ2v) is 6.75. The molecular formula is C21H23N3O. The number of anilines is 1. The van der Waals surface area contributed by atoms with E-state index in [1.165, 1.54) is 31.2 Å². The number of rotatable bonds is 4. The smallest absolute Gasteiger partial charge is 0.266 e. The van der Waals surface area contributed by atoms with Crippen LogP contribution in [0, 0.1) is 25.2 Å². The molecule has 0 unspecified atom stereocenters. The summed E-state index contributed by atoms with van der Waals surface area (Å²) in [6.45, 7) is 4.02. The molecule has 0 saturated heterocycles. The Hall–Kier alpha value is -2.80. The van der Waals surface area contributed by atoms with Gasteiger partial charge in [-0.3, -0.25) is 4.79 Å². The van der Waals surface area contributed by atoms with E-state index in [-0.39, 0.29) is 11.5 Å². The number of nitrogens with one attached hydrogen (secondary N) is 1. The molecule has 1 aliphatic carbocycles. The molecule has 128 valence electrons. The molecule has 25 heavy (non-hydrogen) atoms. The van der Waals surface area contributed by atoms with E-state index < -0.39 is 0 Å². The summed E-state index contributed by atoms with van der Waals surface area (Å²) < 4.78 is 2.20. The molecular weight excluding hydrogens is 310 g/mol. The molecule has 1 fully saturated rings. The first kappa shape index (κ1) is 17.0. The van der Waals surface area contributed by atoms with Gasteiger partial charge in [0.1, 0.15) is 11.6 Å². The average molecular weight is 333 g/mol. The number of carbonyl (C=O) groups is 1. The van der Waals surface area contributed by atoms with Gasteiger partial charge in [-0.25, -0.2) is 0 Å². The van der Waals surface area contributed by atoms with Gasteiger partial charge in [-0.1, -0.05) is 18.9 Å². The van der Waals surface area contributed by atoms with Gasteiger partial charge in [-0.05, 0) is 67.7 Å². The predicted molar refractivity (Wildman–Crippen MR) is 100 cm³/mol. The van der Waals surface area contributed by atoms with E-state index in [4.69, 9.17) is 0 Å². The fraction of sp³-hybridized carbons (Fsp3) is 0.333. The highest BCUT2D eigenvalue weighted by Gasteiger charge is 2.16. The molecule has 3 rings (SSSR count). The molecule has 2 aromatic rings. The van der Waals surface area contributed by atoms with Crippen LogP contribution in [0.25, 0.3) is 6.08 Å². The number of aryl methyl sites for hydroxylation is 2. The Morgan fingerprint density at radius 1 is 1.24 bits per heavy atom. The van der Waals surface area contributed by atoms with Crippen molar-refractivity contribution in [2.45, 2.75) is 45.6 Å². The van der Waals surface area contributed by atoms with Crippen LogP contribution in [0.2, 0.25) is 0 Å². The number of hydrogen-bond acceptors (Lipinski definition) is 2. The molecule has 1 N–H and O–H groups in total. The summed E-state index contributed by atoms with van der Waals surface area (Å²) >= 11 is 0. The average Bonchev–Trinajstić information content (AvgIpc) is 3.27. The van der Waals surface area contributed by atoms with Gasteiger partial charge >= 0.3 is 0 Å². The number of nitrogens with zero attached hydrogens (tertiary/aromatic N) is 2. The highest BCUT2D eigenvalue weighted by atomic mass is 16.1. The minimum atomic E-state index is -0.376. The van der Waals surface area contributed by atoms with E-state index in [0.717, 1.165) is 11.1 Å². The van der Waals surface area contributed by atoms with E-state index in [2.05, 4.69) is 9.88 Å². The van der Waals surface area contributed by atoms with Gasteiger partial charge in [0.2, 0.25) is 0 Å². The largest absolute Gasteiger partial charge is 0.351 e. The number of benzene rings is 1. The maximum atomic E-state index is 12.4. The minimum absolute atomic E-state index is 0.113. The predicted octanol–water partition coefficient (Wildman–Crippen LogP) is 4.77. The van der Waals surface area contributed by atoms with Gasteiger partial charge in [0.15, 0.2) is 0 Å². The van der Waals surface area contributed by atoms with Crippen LogP contribution in [0.3, 0.4) is 0 Å². The van der Waals surface area contributed by atoms with Crippen LogP contribution >= 0.6 is 0 Å². The van der Waals surface area contributed by atoms with E-state index in [9.17, 15) is 10.1 Å². The number of hydrogen-bond donors (Lipinski definition) is 1. The fourth-order valence-corrected chi connectivity index (χ4v) is 3.28. The molecule has 1 amide bonds. The van der Waals surface area contributed by atoms with Crippen molar-refractivity contribution in [1.82, 2.24) is 4.57 Å². The topological polar surface area (TPSA) is 57.8 Å². The Morgan fingerprint density at radius 3 is 2.68 bits per heavy atom. The van der Waals surface area contributed by atoms with Crippen LogP contribution in [0.4, 0.5) is 5.69 Å². The molecule has 1 aromatic heterocycles. The number of aromatic nitrogens is 1. The third-order valence-electron chi connectivity index (χ3n) is 4.92. The van der Waals surface area contributed by atoms with Crippen LogP contribution in [-0.2, 0) is 4.79 Å². The van der Waals surface area contributed by atoms with Crippen LogP contribution in [0.15, 0.2) is 42.2 Å². The summed E-state index contributed by atoms with van der Waals surface area (Å²) in [6, 6.07) is 10.3. The third kappa shape index (κ3) is 4.00. The van der Waals surface area contributed by atoms with Crippen molar-refractivity contribution < 1.29 is 4.79 Å². The number of carbonyl (C=O) groups excluding carboxylic acids is 1. The zero-order valence-corrected chi connectivity index (χ0v) is 14.7. The molecule has 0 aliphatic heterocycles. The Morgan fingerprint density at radius 2 is 2.00 bits per heavy atom. The van der Waals surface area contributed by atoms with Gasteiger partial charge in [-0.15, -0.1) is 0 Å². The van der Waals surface area contributed by atoms with Gasteiger partial charge < -0.3 is 9.88 Å². The second kappa shape index (κ2) is 7.40. The van der Waals surface area contributed by atoms with Crippen molar-refractivity contribution in [1.29, 1.82) is 5.26 Å². The lowest BCUT2D eigenvalue weighted by molar-refractivity contribution is -0.112. The molecule has 0 bridgehead atoms. The zero-order valence-electron chi connectivity index (χ0n) is 14.7. The quantitative estimate of drug-likeness (QED) is 0.647. The van der Waals surface area contributed by atoms with Crippen LogP contribution in [0.1, 0.15) is 48.4 Å². The van der Waals surface area contributed by atoms with Gasteiger partial charge in [0.25, 0.3) is 5.91 Å². The van der Waals surface area contributed by atoms with E-state index in [1.54, 1.807) is 6.08 Å². The van der Waals surface area contributed by atoms with Gasteiger partial charge in [0, 0.05) is 24.1 Å². The van der Waals surface area contributed by atoms with Crippen LogP contribution in [-0.4, -0.2) is 10.5 Å². The second-order valence-electron chi connectivity index (χ2n) is 6.75. The Balaban J connectivity index is 1.74. The summed E-state index contributed by atoms with van der Waals surface area (Å²) in [6.07, 6.45) is 10.7. The van der Waals surface area contributed by atoms with Crippen LogP contribution in [0.5, 0.6) is 0 Å². The normalized spacial score (nSPS) is 15.2. The van der Waals surface area contributed by atoms with Gasteiger partial charge in [0.05, 0.1) is 0 Å². The number of amides is 1. The molecule has 4 nitrogen and oxygen atoms in total. The van der Waals surface area contributed by atoms with Crippen molar-refractivity contribution in [2.24, 2.45) is 0 Å². The fourth-order valence-electron chi connectivity index (χ4n) is 3.28. The molecule has 1 saturated carbocycles. The lowest BCUT2D eigenvalue weighted by atomic mass is 10.1. The Kier molecular flexibility index (Phi) is 5.04. The SMILES string of the molecule is Cc1ccc(NC(=O)/C(C#N)=C/c2ccn(C3CCCC3)c2)cc1C. The first-order chi connectivity index (χ1) is 12.1. The third-order valence-corrected chi connectivity index (χ3v) is 4.92. The maximum Gasteiger partial charge on any atom is 0.266 e. The molecule has 0 spiro atoms. The Bertz CT molecular complexity index is 848. The van der Waals surface area contributed by atoms with Gasteiger partial charge in [-0.2, -0.15) is 5.26 Å². The summed E-state index contributed by atoms with van der Waals surface area (Å²) in [5, 5.41) is 12.2. The summed E-state index contributed by atoms with van der Waals surface area (Å²) in [4.78, 5) is 12.4. The minimum Gasteiger partial charge on any atom is -0.351 e. The first-order valence-electron chi connectivity index (χ1n) is 8.74. The summed E-state index contributed by atoms with van der Waals surface area (Å²) in [7, 11) is 0. The molecule has 4 heteroatoms. The standard InChI is InChI=1S/C21H23N3O/c1-15-7-8-19(11-16(15)2)23-21(25)18(13-22)12-17-9-10-24(14-17)20-5-3-4-6-20/h7-12,14,20H,3-6H2,1-2H3,(H,23,25)/b18-12+. The zero-order chi connectivity index (χ0) is 17.8. The van der Waals surface area contributed by atoms with Crippen molar-refractivity contribution >= 4 is 17.7 Å². The maximum absolute atomic E-state index is 12.4.